The number of hydrogen-bond acceptors (Lipinski definition) is 5. The smallest absolute Gasteiger partial charge is 0.181 e. The van der Waals surface area contributed by atoms with Crippen LogP contribution in [0.25, 0.3) is 0 Å². The maximum absolute atomic E-state index is 14.1. The van der Waals surface area contributed by atoms with Crippen LogP contribution in [0.2, 0.25) is 0 Å². The third-order valence-electron chi connectivity index (χ3n) is 8.18. The summed E-state index contributed by atoms with van der Waals surface area (Å²) in [7, 11) is 0. The number of fused-ring (bicyclic) bond motifs is 2. The molecule has 4 aliphatic rings. The first-order valence-electron chi connectivity index (χ1n) is 11.2. The highest BCUT2D eigenvalue weighted by Crippen LogP contribution is 2.71. The molecular formula is C26H26O5. The van der Waals surface area contributed by atoms with Crippen LogP contribution in [-0.2, 0) is 24.5 Å². The quantitative estimate of drug-likeness (QED) is 0.830. The zero-order chi connectivity index (χ0) is 21.3. The lowest BCUT2D eigenvalue weighted by atomic mass is 9.32. The summed E-state index contributed by atoms with van der Waals surface area (Å²) in [6.45, 7) is 1.05. The molecule has 2 saturated heterocycles. The Morgan fingerprint density at radius 3 is 2.23 bits per heavy atom. The number of ketones is 2. The Morgan fingerprint density at radius 1 is 0.839 bits per heavy atom. The van der Waals surface area contributed by atoms with Crippen LogP contribution in [0.1, 0.15) is 42.7 Å². The van der Waals surface area contributed by atoms with E-state index in [2.05, 4.69) is 0 Å². The molecule has 0 aromatic heterocycles. The summed E-state index contributed by atoms with van der Waals surface area (Å²) >= 11 is 0. The van der Waals surface area contributed by atoms with E-state index >= 15 is 0 Å². The van der Waals surface area contributed by atoms with Crippen LogP contribution in [0.5, 0.6) is 0 Å². The Labute approximate surface area is 181 Å². The van der Waals surface area contributed by atoms with Crippen molar-refractivity contribution < 1.29 is 24.2 Å². The fourth-order valence-corrected chi connectivity index (χ4v) is 7.00. The predicted octanol–water partition coefficient (Wildman–Crippen LogP) is 2.95. The van der Waals surface area contributed by atoms with E-state index in [1.54, 1.807) is 0 Å². The van der Waals surface area contributed by atoms with Crippen LogP contribution in [0, 0.1) is 5.41 Å². The minimum absolute atomic E-state index is 0.0387. The van der Waals surface area contributed by atoms with E-state index < -0.39 is 34.6 Å². The third kappa shape index (κ3) is 2.12. The molecule has 1 unspecified atom stereocenters. The molecule has 6 atom stereocenters. The molecule has 0 amide bonds. The summed E-state index contributed by atoms with van der Waals surface area (Å²) in [4.78, 5) is 28.1. The van der Waals surface area contributed by atoms with Gasteiger partial charge in [0.2, 0.25) is 0 Å². The van der Waals surface area contributed by atoms with Crippen molar-refractivity contribution in [2.75, 3.05) is 13.2 Å². The molecule has 2 heterocycles. The SMILES string of the molecule is O=C1C(c2ccccc2)[C@@H]2OCCC[C@]12[C@@]1(c2ccccc2)C(=O)[C@]2(O)CCCO[C@@H]21. The first-order chi connectivity index (χ1) is 15.1. The van der Waals surface area contributed by atoms with Crippen molar-refractivity contribution in [3.8, 4) is 0 Å². The van der Waals surface area contributed by atoms with E-state index in [0.29, 0.717) is 38.9 Å². The molecule has 4 fully saturated rings. The van der Waals surface area contributed by atoms with E-state index in [1.165, 1.54) is 0 Å². The fourth-order valence-electron chi connectivity index (χ4n) is 7.00. The molecule has 6 rings (SSSR count). The van der Waals surface area contributed by atoms with Gasteiger partial charge in [0.1, 0.15) is 11.5 Å². The minimum atomic E-state index is -1.52. The molecule has 2 aliphatic heterocycles. The summed E-state index contributed by atoms with van der Waals surface area (Å²) in [6, 6.07) is 19.2. The Balaban J connectivity index is 1.55. The number of aliphatic hydroxyl groups is 1. The zero-order valence-corrected chi connectivity index (χ0v) is 17.3. The molecule has 5 nitrogen and oxygen atoms in total. The third-order valence-corrected chi connectivity index (χ3v) is 8.18. The number of benzene rings is 2. The lowest BCUT2D eigenvalue weighted by Crippen LogP contribution is -2.88. The van der Waals surface area contributed by atoms with Crippen LogP contribution in [0.3, 0.4) is 0 Å². The maximum atomic E-state index is 14.1. The molecule has 2 aromatic rings. The van der Waals surface area contributed by atoms with Crippen LogP contribution < -0.4 is 0 Å². The lowest BCUT2D eigenvalue weighted by molar-refractivity contribution is -0.276. The first kappa shape index (κ1) is 19.4. The first-order valence-corrected chi connectivity index (χ1v) is 11.2. The Kier molecular flexibility index (Phi) is 4.11. The van der Waals surface area contributed by atoms with E-state index in [-0.39, 0.29) is 11.6 Å². The summed E-state index contributed by atoms with van der Waals surface area (Å²) in [6.07, 6.45) is 1.15. The number of ether oxygens (including phenoxy) is 2. The van der Waals surface area contributed by atoms with Gasteiger partial charge in [0.05, 0.1) is 17.4 Å². The summed E-state index contributed by atoms with van der Waals surface area (Å²) in [5.74, 6) is -0.629. The van der Waals surface area contributed by atoms with Crippen molar-refractivity contribution in [2.45, 2.75) is 54.8 Å². The standard InChI is InChI=1S/C26H26O5/c27-20-19(17-9-3-1-4-10-17)21-24(20,13-7-15-30-21)26(18-11-5-2-6-12-18)22(28)25(29)14-8-16-31-23(25)26/h1-6,9-12,19,21,23,29H,7-8,13-16H2/t19?,21-,23-,24-,25+,26-/m0/s1. The van der Waals surface area contributed by atoms with Crippen LogP contribution in [0.4, 0.5) is 0 Å². The second-order valence-corrected chi connectivity index (χ2v) is 9.40. The number of carbonyl (C=O) groups excluding carboxylic acids is 2. The van der Waals surface area contributed by atoms with Gasteiger partial charge in [0.15, 0.2) is 17.2 Å². The highest BCUT2D eigenvalue weighted by molar-refractivity contribution is 6.14. The van der Waals surface area contributed by atoms with Crippen LogP contribution in [0.15, 0.2) is 60.7 Å². The van der Waals surface area contributed by atoms with Gasteiger partial charge in [0, 0.05) is 13.2 Å². The van der Waals surface area contributed by atoms with Gasteiger partial charge in [0.25, 0.3) is 0 Å². The number of Topliss-reactive ketones (excluding diaryl/α,β-unsaturated/α-hetero) is 2. The van der Waals surface area contributed by atoms with Gasteiger partial charge in [-0.25, -0.2) is 0 Å². The molecule has 2 saturated carbocycles. The van der Waals surface area contributed by atoms with Gasteiger partial charge in [-0.3, -0.25) is 9.59 Å². The molecule has 0 radical (unpaired) electrons. The lowest BCUT2D eigenvalue weighted by Gasteiger charge is -2.71. The van der Waals surface area contributed by atoms with Gasteiger partial charge >= 0.3 is 0 Å². The summed E-state index contributed by atoms with van der Waals surface area (Å²) < 4.78 is 12.4. The van der Waals surface area contributed by atoms with E-state index in [0.717, 1.165) is 11.1 Å². The molecule has 5 heteroatoms. The average molecular weight is 418 g/mol. The molecule has 2 aliphatic carbocycles. The van der Waals surface area contributed by atoms with Crippen LogP contribution >= 0.6 is 0 Å². The molecule has 160 valence electrons. The Bertz CT molecular complexity index is 1040. The molecule has 31 heavy (non-hydrogen) atoms. The zero-order valence-electron chi connectivity index (χ0n) is 17.3. The van der Waals surface area contributed by atoms with Crippen molar-refractivity contribution >= 4 is 11.6 Å². The van der Waals surface area contributed by atoms with Crippen molar-refractivity contribution in [1.82, 2.24) is 0 Å². The summed E-state index contributed by atoms with van der Waals surface area (Å²) in [5, 5.41) is 11.3. The normalized spacial score (nSPS) is 41.5. The van der Waals surface area contributed by atoms with E-state index in [9.17, 15) is 14.7 Å². The number of rotatable bonds is 3. The molecule has 2 aromatic carbocycles. The van der Waals surface area contributed by atoms with Gasteiger partial charge in [-0.15, -0.1) is 0 Å². The molecular weight excluding hydrogens is 392 g/mol. The van der Waals surface area contributed by atoms with Crippen molar-refractivity contribution in [2.24, 2.45) is 5.41 Å². The van der Waals surface area contributed by atoms with Crippen molar-refractivity contribution in [3.05, 3.63) is 71.8 Å². The van der Waals surface area contributed by atoms with Gasteiger partial charge in [-0.05, 0) is 36.8 Å². The number of hydrogen-bond donors (Lipinski definition) is 1. The average Bonchev–Trinajstić information content (AvgIpc) is 2.82. The summed E-state index contributed by atoms with van der Waals surface area (Å²) in [5.41, 5.74) is -2.07. The predicted molar refractivity (Wildman–Crippen MR) is 113 cm³/mol. The molecule has 0 spiro atoms. The molecule has 1 N–H and O–H groups in total. The number of carbonyl (C=O) groups is 2. The van der Waals surface area contributed by atoms with Gasteiger partial charge < -0.3 is 14.6 Å². The fraction of sp³-hybridized carbons (Fsp3) is 0.462. The van der Waals surface area contributed by atoms with Crippen molar-refractivity contribution in [1.29, 1.82) is 0 Å². The van der Waals surface area contributed by atoms with Crippen molar-refractivity contribution in [3.63, 3.8) is 0 Å². The highest BCUT2D eigenvalue weighted by Gasteiger charge is 2.86. The van der Waals surface area contributed by atoms with E-state index in [1.807, 2.05) is 60.7 Å². The second-order valence-electron chi connectivity index (χ2n) is 9.40. The van der Waals surface area contributed by atoms with Gasteiger partial charge in [-0.2, -0.15) is 0 Å². The van der Waals surface area contributed by atoms with Crippen LogP contribution in [-0.4, -0.2) is 47.7 Å². The Hall–Kier alpha value is -2.34. The topological polar surface area (TPSA) is 72.8 Å². The van der Waals surface area contributed by atoms with Gasteiger partial charge in [-0.1, -0.05) is 60.7 Å². The Morgan fingerprint density at radius 2 is 1.48 bits per heavy atom. The second kappa shape index (κ2) is 6.58. The largest absolute Gasteiger partial charge is 0.379 e. The minimum Gasteiger partial charge on any atom is -0.379 e. The highest BCUT2D eigenvalue weighted by atomic mass is 16.5. The maximum Gasteiger partial charge on any atom is 0.181 e. The monoisotopic (exact) mass is 418 g/mol. The molecule has 0 bridgehead atoms. The van der Waals surface area contributed by atoms with E-state index in [4.69, 9.17) is 9.47 Å².